The molecule has 0 bridgehead atoms. The first-order chi connectivity index (χ1) is 15.4. The number of carbonyl (C=O) groups excluding carboxylic acids is 2. The van der Waals surface area contributed by atoms with E-state index in [0.717, 1.165) is 31.2 Å². The fourth-order valence-corrected chi connectivity index (χ4v) is 3.84. The molecule has 0 saturated carbocycles. The number of hydrogen-bond acceptors (Lipinski definition) is 6. The summed E-state index contributed by atoms with van der Waals surface area (Å²) in [5, 5.41) is 12.8. The molecule has 2 rings (SSSR count). The lowest BCUT2D eigenvalue weighted by atomic mass is 10.0. The summed E-state index contributed by atoms with van der Waals surface area (Å²) in [6.07, 6.45) is 4.62. The van der Waals surface area contributed by atoms with E-state index in [9.17, 15) is 19.5 Å². The lowest BCUT2D eigenvalue weighted by Gasteiger charge is -2.33. The maximum atomic E-state index is 13.3. The third kappa shape index (κ3) is 8.24. The van der Waals surface area contributed by atoms with E-state index in [1.165, 1.54) is 4.90 Å². The fraction of sp³-hybridized carbons (Fsp3) is 0.625. The Hall–Kier alpha value is -2.45. The van der Waals surface area contributed by atoms with E-state index in [0.29, 0.717) is 26.0 Å². The average molecular weight is 449 g/mol. The lowest BCUT2D eigenvalue weighted by Crippen LogP contribution is -2.56. The van der Waals surface area contributed by atoms with Crippen LogP contribution in [0.4, 0.5) is 0 Å². The first kappa shape index (κ1) is 25.8. The van der Waals surface area contributed by atoms with Crippen molar-refractivity contribution in [1.29, 1.82) is 0 Å². The van der Waals surface area contributed by atoms with Gasteiger partial charge < -0.3 is 19.5 Å². The number of nitrogens with one attached hydrogen (secondary N) is 1. The third-order valence-corrected chi connectivity index (χ3v) is 5.62. The molecule has 0 spiro atoms. The SMILES string of the molecule is CCOC(=O)C(CCc1ccccc1)N[C@@H](C)C(=O)N1CCCCCCOC[C@H]1C(=O)O. The average Bonchev–Trinajstić information content (AvgIpc) is 2.79. The zero-order valence-electron chi connectivity index (χ0n) is 19.1. The number of carboxylic acid groups (broad SMARTS) is 1. The van der Waals surface area contributed by atoms with Crippen molar-refractivity contribution in [3.05, 3.63) is 35.9 Å². The van der Waals surface area contributed by atoms with Crippen molar-refractivity contribution in [3.63, 3.8) is 0 Å². The Kier molecular flexibility index (Phi) is 11.2. The van der Waals surface area contributed by atoms with E-state index >= 15 is 0 Å². The molecule has 2 N–H and O–H groups in total. The van der Waals surface area contributed by atoms with Crippen molar-refractivity contribution in [1.82, 2.24) is 10.2 Å². The summed E-state index contributed by atoms with van der Waals surface area (Å²) in [4.78, 5) is 39.0. The van der Waals surface area contributed by atoms with Gasteiger partial charge >= 0.3 is 11.9 Å². The molecule has 0 aliphatic carbocycles. The van der Waals surface area contributed by atoms with E-state index in [-0.39, 0.29) is 19.1 Å². The zero-order valence-corrected chi connectivity index (χ0v) is 19.1. The second kappa shape index (κ2) is 13.9. The molecule has 32 heavy (non-hydrogen) atoms. The first-order valence-electron chi connectivity index (χ1n) is 11.5. The fourth-order valence-electron chi connectivity index (χ4n) is 3.84. The molecule has 0 aromatic heterocycles. The van der Waals surface area contributed by atoms with Gasteiger partial charge in [0.15, 0.2) is 6.04 Å². The highest BCUT2D eigenvalue weighted by Gasteiger charge is 2.34. The van der Waals surface area contributed by atoms with E-state index in [4.69, 9.17) is 9.47 Å². The predicted octanol–water partition coefficient (Wildman–Crippen LogP) is 2.40. The largest absolute Gasteiger partial charge is 0.480 e. The number of carboxylic acids is 1. The number of aliphatic carboxylic acids is 1. The summed E-state index contributed by atoms with van der Waals surface area (Å²) >= 11 is 0. The highest BCUT2D eigenvalue weighted by Crippen LogP contribution is 2.13. The van der Waals surface area contributed by atoms with Crippen LogP contribution in [0.5, 0.6) is 0 Å². The molecule has 8 nitrogen and oxygen atoms in total. The van der Waals surface area contributed by atoms with Gasteiger partial charge in [0, 0.05) is 13.2 Å². The molecule has 3 atom stereocenters. The van der Waals surface area contributed by atoms with Crippen molar-refractivity contribution >= 4 is 17.8 Å². The van der Waals surface area contributed by atoms with Gasteiger partial charge in [0.25, 0.3) is 0 Å². The summed E-state index contributed by atoms with van der Waals surface area (Å²) < 4.78 is 10.7. The van der Waals surface area contributed by atoms with Crippen LogP contribution < -0.4 is 5.32 Å². The number of rotatable bonds is 9. The van der Waals surface area contributed by atoms with E-state index in [2.05, 4.69) is 5.32 Å². The first-order valence-corrected chi connectivity index (χ1v) is 11.5. The maximum Gasteiger partial charge on any atom is 0.328 e. The van der Waals surface area contributed by atoms with Crippen molar-refractivity contribution in [3.8, 4) is 0 Å². The number of nitrogens with zero attached hydrogens (tertiary/aromatic N) is 1. The quantitative estimate of drug-likeness (QED) is 0.559. The predicted molar refractivity (Wildman–Crippen MR) is 120 cm³/mol. The number of esters is 1. The van der Waals surface area contributed by atoms with Crippen molar-refractivity contribution < 1.29 is 29.0 Å². The minimum atomic E-state index is -1.09. The van der Waals surface area contributed by atoms with Gasteiger partial charge in [0.1, 0.15) is 6.04 Å². The molecule has 1 heterocycles. The maximum absolute atomic E-state index is 13.3. The van der Waals surface area contributed by atoms with E-state index < -0.39 is 30.1 Å². The summed E-state index contributed by atoms with van der Waals surface area (Å²) in [6, 6.07) is 7.32. The Labute approximate surface area is 190 Å². The number of hydrogen-bond donors (Lipinski definition) is 2. The molecule has 1 aliphatic heterocycles. The molecule has 1 aliphatic rings. The zero-order chi connectivity index (χ0) is 23.3. The van der Waals surface area contributed by atoms with Crippen LogP contribution in [-0.2, 0) is 30.3 Å². The molecule has 1 aromatic rings. The normalized spacial score (nSPS) is 19.6. The Balaban J connectivity index is 2.09. The second-order valence-corrected chi connectivity index (χ2v) is 8.09. The van der Waals surface area contributed by atoms with E-state index in [1.54, 1.807) is 13.8 Å². The minimum Gasteiger partial charge on any atom is -0.480 e. The molecular formula is C24H36N2O6. The monoisotopic (exact) mass is 448 g/mol. The van der Waals surface area contributed by atoms with Gasteiger partial charge in [-0.3, -0.25) is 14.9 Å². The van der Waals surface area contributed by atoms with E-state index in [1.807, 2.05) is 30.3 Å². The highest BCUT2D eigenvalue weighted by molar-refractivity contribution is 5.87. The van der Waals surface area contributed by atoms with Crippen LogP contribution in [0.15, 0.2) is 30.3 Å². The van der Waals surface area contributed by atoms with Crippen LogP contribution in [0.3, 0.4) is 0 Å². The summed E-state index contributed by atoms with van der Waals surface area (Å²) in [5.41, 5.74) is 1.08. The van der Waals surface area contributed by atoms with Crippen LogP contribution in [0, 0.1) is 0 Å². The second-order valence-electron chi connectivity index (χ2n) is 8.09. The summed E-state index contributed by atoms with van der Waals surface area (Å²) in [6.45, 7) is 4.45. The Bertz CT molecular complexity index is 726. The van der Waals surface area contributed by atoms with Crippen LogP contribution in [0.25, 0.3) is 0 Å². The van der Waals surface area contributed by atoms with Gasteiger partial charge in [-0.25, -0.2) is 4.79 Å². The van der Waals surface area contributed by atoms with Crippen LogP contribution in [0.1, 0.15) is 51.5 Å². The third-order valence-electron chi connectivity index (χ3n) is 5.62. The molecule has 1 unspecified atom stereocenters. The molecular weight excluding hydrogens is 412 g/mol. The molecule has 1 aromatic carbocycles. The minimum absolute atomic E-state index is 0.0386. The van der Waals surface area contributed by atoms with Gasteiger partial charge in [-0.2, -0.15) is 0 Å². The van der Waals surface area contributed by atoms with Crippen LogP contribution in [-0.4, -0.2) is 72.3 Å². The Morgan fingerprint density at radius 3 is 2.59 bits per heavy atom. The molecule has 1 saturated heterocycles. The number of ether oxygens (including phenoxy) is 2. The molecule has 178 valence electrons. The van der Waals surface area contributed by atoms with Crippen molar-refractivity contribution in [2.45, 2.75) is 70.5 Å². The van der Waals surface area contributed by atoms with Gasteiger partial charge in [-0.15, -0.1) is 0 Å². The van der Waals surface area contributed by atoms with Gasteiger partial charge in [-0.05, 0) is 45.1 Å². The summed E-state index contributed by atoms with van der Waals surface area (Å²) in [5.74, 6) is -1.85. The highest BCUT2D eigenvalue weighted by atomic mass is 16.5. The van der Waals surface area contributed by atoms with Gasteiger partial charge in [0.2, 0.25) is 5.91 Å². The molecule has 1 fully saturated rings. The number of amides is 1. The van der Waals surface area contributed by atoms with Gasteiger partial charge in [-0.1, -0.05) is 43.2 Å². The molecule has 8 heteroatoms. The number of benzene rings is 1. The molecule has 1 amide bonds. The molecule has 0 radical (unpaired) electrons. The summed E-state index contributed by atoms with van der Waals surface area (Å²) in [7, 11) is 0. The Morgan fingerprint density at radius 1 is 1.19 bits per heavy atom. The van der Waals surface area contributed by atoms with Crippen molar-refractivity contribution in [2.24, 2.45) is 0 Å². The smallest absolute Gasteiger partial charge is 0.328 e. The van der Waals surface area contributed by atoms with Crippen molar-refractivity contribution in [2.75, 3.05) is 26.4 Å². The number of aryl methyl sites for hydroxylation is 1. The van der Waals surface area contributed by atoms with Gasteiger partial charge in [0.05, 0.1) is 19.3 Å². The number of carbonyl (C=O) groups is 3. The Morgan fingerprint density at radius 2 is 1.91 bits per heavy atom. The topological polar surface area (TPSA) is 105 Å². The lowest BCUT2D eigenvalue weighted by molar-refractivity contribution is -0.155. The standard InChI is InChI=1S/C24H36N2O6/c1-3-32-24(30)20(14-13-19-11-7-6-8-12-19)25-18(2)22(27)26-15-9-4-5-10-16-31-17-21(26)23(28)29/h6-8,11-12,18,20-21,25H,3-5,9-10,13-17H2,1-2H3,(H,28,29)/t18-,20?,21-/m0/s1. The van der Waals surface area contributed by atoms with Crippen LogP contribution in [0.2, 0.25) is 0 Å². The van der Waals surface area contributed by atoms with Crippen LogP contribution >= 0.6 is 0 Å².